The van der Waals surface area contributed by atoms with E-state index in [1.165, 1.54) is 18.7 Å². The van der Waals surface area contributed by atoms with Gasteiger partial charge in [0.1, 0.15) is 11.6 Å². The van der Waals surface area contributed by atoms with Gasteiger partial charge in [-0.3, -0.25) is 9.59 Å². The number of carbonyl (C=O) groups excluding carboxylic acids is 2. The Hall–Kier alpha value is -2.26. The molecule has 104 valence electrons. The van der Waals surface area contributed by atoms with Crippen LogP contribution in [0, 0.1) is 11.3 Å². The van der Waals surface area contributed by atoms with Gasteiger partial charge in [0.05, 0.1) is 5.75 Å². The molecule has 0 saturated carbocycles. The predicted molar refractivity (Wildman–Crippen MR) is 75.6 cm³/mol. The number of ether oxygens (including phenoxy) is 1. The number of allylic oxidation sites excluding steroid dienone is 1. The molecule has 0 unspecified atom stereocenters. The third-order valence-corrected chi connectivity index (χ3v) is 3.23. The largest absolute Gasteiger partial charge is 0.457 e. The van der Waals surface area contributed by atoms with Gasteiger partial charge < -0.3 is 10.5 Å². The van der Waals surface area contributed by atoms with E-state index >= 15 is 0 Å². The molecule has 1 aromatic carbocycles. The van der Waals surface area contributed by atoms with E-state index in [0.29, 0.717) is 0 Å². The first-order valence-corrected chi connectivity index (χ1v) is 6.76. The van der Waals surface area contributed by atoms with Gasteiger partial charge in [-0.1, -0.05) is 18.2 Å². The summed E-state index contributed by atoms with van der Waals surface area (Å²) in [5, 5.41) is 8.73. The number of Topliss-reactive ketones (excluding diaryl/α,β-unsaturated/α-hetero) is 1. The Morgan fingerprint density at radius 3 is 2.55 bits per heavy atom. The van der Waals surface area contributed by atoms with Crippen molar-refractivity contribution in [1.82, 2.24) is 0 Å². The van der Waals surface area contributed by atoms with Crippen molar-refractivity contribution in [2.75, 3.05) is 12.4 Å². The summed E-state index contributed by atoms with van der Waals surface area (Å²) in [6, 6.07) is 11.0. The maximum atomic E-state index is 11.6. The van der Waals surface area contributed by atoms with Gasteiger partial charge in [-0.2, -0.15) is 5.26 Å². The van der Waals surface area contributed by atoms with Gasteiger partial charge in [0.2, 0.25) is 5.78 Å². The van der Waals surface area contributed by atoms with Crippen LogP contribution in [0.25, 0.3) is 0 Å². The van der Waals surface area contributed by atoms with Crippen LogP contribution in [0.4, 0.5) is 0 Å². The lowest BCUT2D eigenvalue weighted by atomic mass is 10.1. The molecule has 6 heteroatoms. The predicted octanol–water partition coefficient (Wildman–Crippen LogP) is 1.65. The Bertz CT molecular complexity index is 558. The summed E-state index contributed by atoms with van der Waals surface area (Å²) in [6.45, 7) is 0.981. The van der Waals surface area contributed by atoms with Crippen LogP contribution in [-0.2, 0) is 14.3 Å². The highest BCUT2D eigenvalue weighted by Crippen LogP contribution is 2.16. The molecule has 0 heterocycles. The van der Waals surface area contributed by atoms with Gasteiger partial charge in [-0.15, -0.1) is 11.8 Å². The second-order valence-corrected chi connectivity index (χ2v) is 4.90. The number of nitrogens with zero attached hydrogens (tertiary/aromatic N) is 1. The molecule has 0 spiro atoms. The lowest BCUT2D eigenvalue weighted by molar-refractivity contribution is -0.144. The van der Waals surface area contributed by atoms with Gasteiger partial charge in [0, 0.05) is 10.6 Å². The van der Waals surface area contributed by atoms with Crippen LogP contribution in [-0.4, -0.2) is 24.1 Å². The number of benzene rings is 1. The molecule has 0 aliphatic carbocycles. The molecule has 0 fully saturated rings. The number of nitriles is 1. The maximum absolute atomic E-state index is 11.6. The summed E-state index contributed by atoms with van der Waals surface area (Å²) < 4.78 is 4.81. The van der Waals surface area contributed by atoms with Crippen molar-refractivity contribution < 1.29 is 14.3 Å². The first-order chi connectivity index (χ1) is 9.54. The average Bonchev–Trinajstić information content (AvgIpc) is 2.44. The first-order valence-electron chi connectivity index (χ1n) is 5.77. The molecule has 5 nitrogen and oxygen atoms in total. The second-order valence-electron chi connectivity index (χ2n) is 3.86. The number of thioether (sulfide) groups is 1. The fourth-order valence-corrected chi connectivity index (χ4v) is 2.01. The number of rotatable bonds is 6. The molecule has 0 aromatic heterocycles. The van der Waals surface area contributed by atoms with Crippen LogP contribution in [0.3, 0.4) is 0 Å². The molecular weight excluding hydrogens is 276 g/mol. The Morgan fingerprint density at radius 1 is 1.35 bits per heavy atom. The smallest absolute Gasteiger partial charge is 0.316 e. The number of esters is 1. The Morgan fingerprint density at radius 2 is 2.00 bits per heavy atom. The lowest BCUT2D eigenvalue weighted by Gasteiger charge is -2.04. The first kappa shape index (κ1) is 15.8. The minimum Gasteiger partial charge on any atom is -0.457 e. The van der Waals surface area contributed by atoms with E-state index in [4.69, 9.17) is 15.7 Å². The molecule has 0 aliphatic heterocycles. The van der Waals surface area contributed by atoms with Crippen molar-refractivity contribution >= 4 is 23.5 Å². The van der Waals surface area contributed by atoms with Gasteiger partial charge in [0.25, 0.3) is 0 Å². The molecule has 0 aliphatic rings. The summed E-state index contributed by atoms with van der Waals surface area (Å²) in [5.74, 6) is -1.01. The van der Waals surface area contributed by atoms with Crippen LogP contribution in [0.1, 0.15) is 6.92 Å². The Labute approximate surface area is 121 Å². The molecule has 1 aromatic rings. The molecule has 2 N–H and O–H groups in total. The minimum atomic E-state index is -0.592. The van der Waals surface area contributed by atoms with E-state index in [1.807, 2.05) is 30.3 Å². The highest BCUT2D eigenvalue weighted by molar-refractivity contribution is 8.00. The summed E-state index contributed by atoms with van der Waals surface area (Å²) in [5.41, 5.74) is 5.33. The van der Waals surface area contributed by atoms with E-state index in [2.05, 4.69) is 0 Å². The van der Waals surface area contributed by atoms with E-state index < -0.39 is 18.4 Å². The van der Waals surface area contributed by atoms with Gasteiger partial charge in [-0.05, 0) is 19.1 Å². The van der Waals surface area contributed by atoms with Crippen molar-refractivity contribution in [1.29, 1.82) is 5.26 Å². The normalized spacial score (nSPS) is 11.2. The fraction of sp³-hybridized carbons (Fsp3) is 0.214. The average molecular weight is 290 g/mol. The van der Waals surface area contributed by atoms with Crippen LogP contribution >= 0.6 is 11.8 Å². The van der Waals surface area contributed by atoms with Gasteiger partial charge >= 0.3 is 5.97 Å². The van der Waals surface area contributed by atoms with E-state index in [0.717, 1.165) is 4.90 Å². The SMILES string of the molecule is CC(N)=C(C#N)C(=O)COC(=O)CSc1ccccc1. The fourth-order valence-electron chi connectivity index (χ4n) is 1.29. The molecule has 1 rings (SSSR count). The Kier molecular flexibility index (Phi) is 6.33. The summed E-state index contributed by atoms with van der Waals surface area (Å²) in [7, 11) is 0. The molecule has 0 atom stereocenters. The van der Waals surface area contributed by atoms with Crippen molar-refractivity contribution in [2.24, 2.45) is 5.73 Å². The van der Waals surface area contributed by atoms with Crippen LogP contribution in [0.15, 0.2) is 46.5 Å². The molecule has 0 radical (unpaired) electrons. The minimum absolute atomic E-state index is 0.102. The number of ketones is 1. The van der Waals surface area contributed by atoms with Crippen molar-refractivity contribution in [3.63, 3.8) is 0 Å². The standard InChI is InChI=1S/C14H14N2O3S/c1-10(16)12(7-15)13(17)8-19-14(18)9-20-11-5-3-2-4-6-11/h2-6H,8-9,16H2,1H3. The maximum Gasteiger partial charge on any atom is 0.316 e. The zero-order valence-corrected chi connectivity index (χ0v) is 11.8. The highest BCUT2D eigenvalue weighted by atomic mass is 32.2. The van der Waals surface area contributed by atoms with E-state index in [1.54, 1.807) is 6.07 Å². The summed E-state index contributed by atoms with van der Waals surface area (Å²) >= 11 is 1.31. The topological polar surface area (TPSA) is 93.2 Å². The molecule has 0 saturated heterocycles. The van der Waals surface area contributed by atoms with Crippen molar-refractivity contribution in [3.8, 4) is 6.07 Å². The van der Waals surface area contributed by atoms with Crippen molar-refractivity contribution in [2.45, 2.75) is 11.8 Å². The molecule has 20 heavy (non-hydrogen) atoms. The quantitative estimate of drug-likeness (QED) is 0.370. The summed E-state index contributed by atoms with van der Waals surface area (Å²) in [4.78, 5) is 24.0. The lowest BCUT2D eigenvalue weighted by Crippen LogP contribution is -2.18. The van der Waals surface area contributed by atoms with E-state index in [-0.39, 0.29) is 17.0 Å². The van der Waals surface area contributed by atoms with Crippen LogP contribution in [0.5, 0.6) is 0 Å². The number of hydrogen-bond acceptors (Lipinski definition) is 6. The molecule has 0 amide bonds. The van der Waals surface area contributed by atoms with Gasteiger partial charge in [-0.25, -0.2) is 0 Å². The number of hydrogen-bond donors (Lipinski definition) is 1. The third kappa shape index (κ3) is 5.16. The van der Waals surface area contributed by atoms with Crippen molar-refractivity contribution in [3.05, 3.63) is 41.6 Å². The summed E-state index contributed by atoms with van der Waals surface area (Å²) in [6.07, 6.45) is 0. The van der Waals surface area contributed by atoms with Crippen LogP contribution < -0.4 is 5.73 Å². The highest BCUT2D eigenvalue weighted by Gasteiger charge is 2.14. The molecular formula is C14H14N2O3S. The third-order valence-electron chi connectivity index (χ3n) is 2.25. The second kappa shape index (κ2) is 8.02. The zero-order chi connectivity index (χ0) is 15.0. The Balaban J connectivity index is 2.39. The van der Waals surface area contributed by atoms with Crippen LogP contribution in [0.2, 0.25) is 0 Å². The number of carbonyl (C=O) groups is 2. The number of nitrogens with two attached hydrogens (primary N) is 1. The van der Waals surface area contributed by atoms with Gasteiger partial charge in [0.15, 0.2) is 6.61 Å². The molecule has 0 bridgehead atoms. The van der Waals surface area contributed by atoms with E-state index in [9.17, 15) is 9.59 Å². The zero-order valence-electron chi connectivity index (χ0n) is 11.0. The monoisotopic (exact) mass is 290 g/mol.